The molecule has 1 rings (SSSR count). The van der Waals surface area contributed by atoms with Crippen molar-refractivity contribution in [2.75, 3.05) is 18.9 Å². The van der Waals surface area contributed by atoms with Gasteiger partial charge in [0.1, 0.15) is 5.78 Å². The van der Waals surface area contributed by atoms with Gasteiger partial charge in [0.15, 0.2) is 0 Å². The minimum Gasteiger partial charge on any atom is -0.324 e. The van der Waals surface area contributed by atoms with E-state index in [-0.39, 0.29) is 6.54 Å². The molecule has 5 unspecified atom stereocenters. The molecule has 1 fully saturated rings. The Balaban J connectivity index is 3.02. The van der Waals surface area contributed by atoms with E-state index in [1.54, 1.807) is 5.09 Å². The summed E-state index contributed by atoms with van der Waals surface area (Å²) in [6, 6.07) is -2.72. The molecule has 25 heavy (non-hydrogen) atoms. The standard InChI is InChI=1S/C6H18N2O13P4/c9-21-23(13,14)3-6(24(15,16)17)8-1-5(8)4(2-22(10,11)12)7-25(18,19)20/h4-6,9H,1-3H2,(H,13,14)(H2,10,11,12)(H2,15,16,17)(H3,7,18,19,20). The van der Waals surface area contributed by atoms with E-state index in [1.165, 1.54) is 0 Å². The van der Waals surface area contributed by atoms with Crippen molar-refractivity contribution in [3.05, 3.63) is 0 Å². The molecule has 15 nitrogen and oxygen atoms in total. The first-order valence-electron chi connectivity index (χ1n) is 6.29. The van der Waals surface area contributed by atoms with Crippen LogP contribution in [-0.2, 0) is 22.9 Å². The maximum Gasteiger partial charge on any atom is 0.400 e. The SMILES string of the molecule is O=P(O)(O)CC(NP(=O)(O)O)C1CN1C(CP(=O)(O)OO)P(=O)(O)O. The van der Waals surface area contributed by atoms with Crippen molar-refractivity contribution in [1.82, 2.24) is 9.99 Å². The molecule has 150 valence electrons. The molecule has 0 aliphatic carbocycles. The predicted molar refractivity (Wildman–Crippen MR) is 80.6 cm³/mol. The van der Waals surface area contributed by atoms with Crippen molar-refractivity contribution >= 4 is 30.5 Å². The second-order valence-corrected chi connectivity index (χ2v) is 12.0. The van der Waals surface area contributed by atoms with Gasteiger partial charge in [-0.1, -0.05) is 0 Å². The summed E-state index contributed by atoms with van der Waals surface area (Å²) < 4.78 is 48.3. The Labute approximate surface area is 140 Å². The van der Waals surface area contributed by atoms with Gasteiger partial charge in [0.2, 0.25) is 0 Å². The van der Waals surface area contributed by atoms with Crippen LogP contribution in [0.1, 0.15) is 0 Å². The predicted octanol–water partition coefficient (Wildman–Crippen LogP) is -1.92. The highest BCUT2D eigenvalue weighted by atomic mass is 31.2. The van der Waals surface area contributed by atoms with Gasteiger partial charge in [0, 0.05) is 18.6 Å². The van der Waals surface area contributed by atoms with E-state index >= 15 is 0 Å². The molecule has 0 aromatic carbocycles. The fraction of sp³-hybridized carbons (Fsp3) is 1.00. The first kappa shape index (κ1) is 23.5. The van der Waals surface area contributed by atoms with E-state index in [0.717, 1.165) is 4.90 Å². The van der Waals surface area contributed by atoms with Crippen LogP contribution in [0.15, 0.2) is 0 Å². The highest BCUT2D eigenvalue weighted by Gasteiger charge is 2.54. The van der Waals surface area contributed by atoms with Gasteiger partial charge in [-0.15, -0.1) is 0 Å². The first-order chi connectivity index (χ1) is 11.0. The zero-order valence-corrected chi connectivity index (χ0v) is 15.8. The van der Waals surface area contributed by atoms with Crippen molar-refractivity contribution in [2.45, 2.75) is 17.9 Å². The quantitative estimate of drug-likeness (QED) is 0.0761. The average molecular weight is 450 g/mol. The third-order valence-corrected chi connectivity index (χ3v) is 7.36. The van der Waals surface area contributed by atoms with Crippen LogP contribution in [0, 0.1) is 0 Å². The number of rotatable bonds is 10. The smallest absolute Gasteiger partial charge is 0.324 e. The average Bonchev–Trinajstić information content (AvgIpc) is 3.10. The van der Waals surface area contributed by atoms with Crippen molar-refractivity contribution < 1.29 is 62.4 Å². The van der Waals surface area contributed by atoms with Gasteiger partial charge in [-0.25, -0.2) is 14.9 Å². The summed E-state index contributed by atoms with van der Waals surface area (Å²) in [5.74, 6) is -1.97. The number of hydrogen-bond acceptors (Lipinski definition) is 7. The molecule has 1 aliphatic heterocycles. The van der Waals surface area contributed by atoms with Crippen LogP contribution in [0.5, 0.6) is 0 Å². The zero-order valence-electron chi connectivity index (χ0n) is 12.2. The molecule has 0 aromatic rings. The summed E-state index contributed by atoms with van der Waals surface area (Å²) in [6.07, 6.45) is -2.27. The third kappa shape index (κ3) is 8.35. The van der Waals surface area contributed by atoms with E-state index in [2.05, 4.69) is 4.67 Å². The van der Waals surface area contributed by atoms with E-state index in [9.17, 15) is 32.9 Å². The van der Waals surface area contributed by atoms with Crippen LogP contribution in [0.2, 0.25) is 0 Å². The van der Waals surface area contributed by atoms with Crippen molar-refractivity contribution in [3.63, 3.8) is 0 Å². The summed E-state index contributed by atoms with van der Waals surface area (Å²) in [5, 5.41) is 9.94. The van der Waals surface area contributed by atoms with Crippen LogP contribution in [0.4, 0.5) is 0 Å². The molecular formula is C6H18N2O13P4. The largest absolute Gasteiger partial charge is 0.400 e. The normalized spacial score (nSPS) is 26.7. The lowest BCUT2D eigenvalue weighted by atomic mass is 10.3. The fourth-order valence-electron chi connectivity index (χ4n) is 2.23. The Hall–Kier alpha value is 0.480. The summed E-state index contributed by atoms with van der Waals surface area (Å²) in [5.41, 5.74) is 0. The highest BCUT2D eigenvalue weighted by molar-refractivity contribution is 7.57. The van der Waals surface area contributed by atoms with Crippen LogP contribution in [0.3, 0.4) is 0 Å². The maximum absolute atomic E-state index is 11.5. The second-order valence-electron chi connectivity index (χ2n) is 5.36. The number of hydrogen-bond donors (Lipinski definition) is 9. The molecule has 9 N–H and O–H groups in total. The zero-order chi connectivity index (χ0) is 19.8. The van der Waals surface area contributed by atoms with Crippen LogP contribution in [0.25, 0.3) is 0 Å². The van der Waals surface area contributed by atoms with E-state index in [0.29, 0.717) is 0 Å². The molecule has 1 aliphatic rings. The highest BCUT2D eigenvalue weighted by Crippen LogP contribution is 2.55. The lowest BCUT2D eigenvalue weighted by Gasteiger charge is -2.25. The molecule has 0 saturated carbocycles. The Bertz CT molecular complexity index is 641. The van der Waals surface area contributed by atoms with Gasteiger partial charge >= 0.3 is 30.5 Å². The lowest BCUT2D eigenvalue weighted by molar-refractivity contribution is -0.146. The first-order valence-corrected chi connectivity index (χ1v) is 13.1. The third-order valence-electron chi connectivity index (χ3n) is 3.22. The van der Waals surface area contributed by atoms with Gasteiger partial charge in [0.25, 0.3) is 0 Å². The van der Waals surface area contributed by atoms with E-state index in [4.69, 9.17) is 24.8 Å². The van der Waals surface area contributed by atoms with Gasteiger partial charge in [-0.05, 0) is 0 Å². The van der Waals surface area contributed by atoms with Gasteiger partial charge in [-0.2, -0.15) is 4.67 Å². The lowest BCUT2D eigenvalue weighted by Crippen LogP contribution is -2.39. The van der Waals surface area contributed by atoms with E-state index in [1.807, 2.05) is 0 Å². The molecule has 1 heterocycles. The number of nitrogens with zero attached hydrogens (tertiary/aromatic N) is 1. The Morgan fingerprint density at radius 1 is 1.00 bits per heavy atom. The molecule has 5 atom stereocenters. The summed E-state index contributed by atoms with van der Waals surface area (Å²) >= 11 is 0. The van der Waals surface area contributed by atoms with Gasteiger partial charge in [-0.3, -0.25) is 18.6 Å². The van der Waals surface area contributed by atoms with Crippen LogP contribution < -0.4 is 5.09 Å². The minimum atomic E-state index is -5.07. The molecule has 19 heteroatoms. The van der Waals surface area contributed by atoms with Crippen LogP contribution >= 0.6 is 30.5 Å². The Morgan fingerprint density at radius 2 is 1.52 bits per heavy atom. The molecule has 0 aromatic heterocycles. The molecular weight excluding hydrogens is 432 g/mol. The summed E-state index contributed by atoms with van der Waals surface area (Å²) in [7, 11) is -19.6. The fourth-order valence-corrected chi connectivity index (χ4v) is 6.73. The van der Waals surface area contributed by atoms with Gasteiger partial charge in [0.05, 0.1) is 12.3 Å². The molecule has 1 saturated heterocycles. The Morgan fingerprint density at radius 3 is 1.88 bits per heavy atom. The Kier molecular flexibility index (Phi) is 7.38. The topological polar surface area (TPSA) is 254 Å². The van der Waals surface area contributed by atoms with Crippen molar-refractivity contribution in [1.29, 1.82) is 0 Å². The molecule has 0 radical (unpaired) electrons. The minimum absolute atomic E-state index is 0.293. The summed E-state index contributed by atoms with van der Waals surface area (Å²) in [6.45, 7) is -0.293. The summed E-state index contributed by atoms with van der Waals surface area (Å²) in [4.78, 5) is 64.3. The molecule has 0 amide bonds. The number of nitrogens with one attached hydrogen (secondary N) is 1. The van der Waals surface area contributed by atoms with E-state index < -0.39 is 60.7 Å². The maximum atomic E-state index is 11.5. The second kappa shape index (κ2) is 7.84. The van der Waals surface area contributed by atoms with Gasteiger partial charge < -0.3 is 34.3 Å². The monoisotopic (exact) mass is 450 g/mol. The van der Waals surface area contributed by atoms with Crippen LogP contribution in [-0.4, -0.2) is 81.1 Å². The van der Waals surface area contributed by atoms with Crippen molar-refractivity contribution in [2.24, 2.45) is 0 Å². The van der Waals surface area contributed by atoms with Crippen molar-refractivity contribution in [3.8, 4) is 0 Å². The molecule has 0 spiro atoms. The molecule has 0 bridgehead atoms.